The Morgan fingerprint density at radius 3 is 2.50 bits per heavy atom. The number of carbonyl (C=O) groups is 1. The quantitative estimate of drug-likeness (QED) is 0.777. The van der Waals surface area contributed by atoms with Crippen molar-refractivity contribution in [1.82, 2.24) is 10.2 Å². The van der Waals surface area contributed by atoms with Gasteiger partial charge >= 0.3 is 0 Å². The molecule has 1 unspecified atom stereocenters. The first-order chi connectivity index (χ1) is 8.49. The molecule has 2 aliphatic rings. The average molecular weight is 254 g/mol. The first-order valence-electron chi connectivity index (χ1n) is 7.22. The molecule has 4 heteroatoms. The molecule has 0 radical (unpaired) electrons. The Balaban J connectivity index is 2.01. The first kappa shape index (κ1) is 13.8. The lowest BCUT2D eigenvalue weighted by molar-refractivity contribution is -0.147. The SMILES string of the molecule is CCC1(C(=O)N2CCC(C)(O)CC2)CCCNC1. The summed E-state index contributed by atoms with van der Waals surface area (Å²) in [7, 11) is 0. The Bertz CT molecular complexity index is 299. The zero-order valence-corrected chi connectivity index (χ0v) is 11.7. The third kappa shape index (κ3) is 2.69. The number of aliphatic hydroxyl groups is 1. The number of hydrogen-bond acceptors (Lipinski definition) is 3. The normalized spacial score (nSPS) is 32.3. The van der Waals surface area contributed by atoms with Gasteiger partial charge in [0.25, 0.3) is 0 Å². The molecular weight excluding hydrogens is 228 g/mol. The molecule has 2 aliphatic heterocycles. The van der Waals surface area contributed by atoms with Crippen molar-refractivity contribution in [2.24, 2.45) is 5.41 Å². The Morgan fingerprint density at radius 2 is 2.00 bits per heavy atom. The van der Waals surface area contributed by atoms with Crippen LogP contribution in [0.25, 0.3) is 0 Å². The number of amides is 1. The zero-order valence-electron chi connectivity index (χ0n) is 11.7. The Kier molecular flexibility index (Phi) is 3.97. The average Bonchev–Trinajstić information content (AvgIpc) is 2.39. The first-order valence-corrected chi connectivity index (χ1v) is 7.22. The predicted octanol–water partition coefficient (Wildman–Crippen LogP) is 1.14. The molecule has 2 saturated heterocycles. The molecule has 0 aromatic carbocycles. The van der Waals surface area contributed by atoms with Crippen molar-refractivity contribution in [2.45, 2.75) is 51.6 Å². The van der Waals surface area contributed by atoms with E-state index in [0.29, 0.717) is 31.8 Å². The molecule has 1 atom stereocenters. The molecule has 0 aromatic heterocycles. The van der Waals surface area contributed by atoms with Gasteiger partial charge < -0.3 is 15.3 Å². The maximum atomic E-state index is 12.7. The van der Waals surface area contributed by atoms with Gasteiger partial charge in [0, 0.05) is 19.6 Å². The molecular formula is C14H26N2O2. The molecule has 2 heterocycles. The van der Waals surface area contributed by atoms with Crippen LogP contribution in [-0.2, 0) is 4.79 Å². The van der Waals surface area contributed by atoms with E-state index in [0.717, 1.165) is 32.4 Å². The van der Waals surface area contributed by atoms with Crippen molar-refractivity contribution in [3.05, 3.63) is 0 Å². The number of rotatable bonds is 2. The Morgan fingerprint density at radius 1 is 1.33 bits per heavy atom. The third-order valence-corrected chi connectivity index (χ3v) is 4.73. The van der Waals surface area contributed by atoms with Crippen LogP contribution in [0.2, 0.25) is 0 Å². The van der Waals surface area contributed by atoms with Crippen LogP contribution in [0.15, 0.2) is 0 Å². The summed E-state index contributed by atoms with van der Waals surface area (Å²) in [5, 5.41) is 13.3. The lowest BCUT2D eigenvalue weighted by Gasteiger charge is -2.43. The van der Waals surface area contributed by atoms with E-state index in [2.05, 4.69) is 12.2 Å². The molecule has 0 aliphatic carbocycles. The van der Waals surface area contributed by atoms with Crippen molar-refractivity contribution < 1.29 is 9.90 Å². The van der Waals surface area contributed by atoms with E-state index >= 15 is 0 Å². The van der Waals surface area contributed by atoms with Crippen molar-refractivity contribution in [3.8, 4) is 0 Å². The minimum atomic E-state index is -0.582. The van der Waals surface area contributed by atoms with E-state index in [-0.39, 0.29) is 5.41 Å². The van der Waals surface area contributed by atoms with E-state index in [1.54, 1.807) is 0 Å². The summed E-state index contributed by atoms with van der Waals surface area (Å²) < 4.78 is 0. The van der Waals surface area contributed by atoms with Gasteiger partial charge in [-0.25, -0.2) is 0 Å². The maximum absolute atomic E-state index is 12.7. The number of carbonyl (C=O) groups excluding carboxylic acids is 1. The maximum Gasteiger partial charge on any atom is 0.230 e. The van der Waals surface area contributed by atoms with Crippen LogP contribution in [0.1, 0.15) is 46.0 Å². The summed E-state index contributed by atoms with van der Waals surface area (Å²) in [4.78, 5) is 14.7. The minimum absolute atomic E-state index is 0.193. The molecule has 2 fully saturated rings. The Labute approximate surface area is 110 Å². The summed E-state index contributed by atoms with van der Waals surface area (Å²) in [6.07, 6.45) is 4.40. The molecule has 2 N–H and O–H groups in total. The monoisotopic (exact) mass is 254 g/mol. The van der Waals surface area contributed by atoms with Crippen LogP contribution < -0.4 is 5.32 Å². The van der Waals surface area contributed by atoms with Crippen LogP contribution in [0.5, 0.6) is 0 Å². The smallest absolute Gasteiger partial charge is 0.230 e. The van der Waals surface area contributed by atoms with Gasteiger partial charge in [-0.15, -0.1) is 0 Å². The predicted molar refractivity (Wildman–Crippen MR) is 71.3 cm³/mol. The highest BCUT2D eigenvalue weighted by molar-refractivity contribution is 5.83. The highest BCUT2D eigenvalue weighted by atomic mass is 16.3. The van der Waals surface area contributed by atoms with Crippen molar-refractivity contribution in [2.75, 3.05) is 26.2 Å². The number of hydrogen-bond donors (Lipinski definition) is 2. The van der Waals surface area contributed by atoms with E-state index in [1.165, 1.54) is 0 Å². The topological polar surface area (TPSA) is 52.6 Å². The minimum Gasteiger partial charge on any atom is -0.390 e. The molecule has 18 heavy (non-hydrogen) atoms. The van der Waals surface area contributed by atoms with Gasteiger partial charge in [-0.05, 0) is 45.6 Å². The second-order valence-electron chi connectivity index (χ2n) is 6.20. The van der Waals surface area contributed by atoms with Gasteiger partial charge in [0.15, 0.2) is 0 Å². The molecule has 0 aromatic rings. The fourth-order valence-electron chi connectivity index (χ4n) is 3.13. The molecule has 4 nitrogen and oxygen atoms in total. The zero-order chi connectivity index (χ0) is 13.2. The van der Waals surface area contributed by atoms with Crippen molar-refractivity contribution in [1.29, 1.82) is 0 Å². The van der Waals surface area contributed by atoms with E-state index in [4.69, 9.17) is 0 Å². The van der Waals surface area contributed by atoms with Crippen LogP contribution in [-0.4, -0.2) is 47.7 Å². The van der Waals surface area contributed by atoms with Gasteiger partial charge in [-0.2, -0.15) is 0 Å². The van der Waals surface area contributed by atoms with E-state index < -0.39 is 5.60 Å². The van der Waals surface area contributed by atoms with Gasteiger partial charge in [0.05, 0.1) is 11.0 Å². The fraction of sp³-hybridized carbons (Fsp3) is 0.929. The molecule has 0 spiro atoms. The number of likely N-dealkylation sites (tertiary alicyclic amines) is 1. The lowest BCUT2D eigenvalue weighted by atomic mass is 9.76. The highest BCUT2D eigenvalue weighted by Crippen LogP contribution is 2.34. The second-order valence-corrected chi connectivity index (χ2v) is 6.20. The lowest BCUT2D eigenvalue weighted by Crippen LogP contribution is -2.55. The van der Waals surface area contributed by atoms with Gasteiger partial charge in [0.2, 0.25) is 5.91 Å². The number of nitrogens with zero attached hydrogens (tertiary/aromatic N) is 1. The number of nitrogens with one attached hydrogen (secondary N) is 1. The summed E-state index contributed by atoms with van der Waals surface area (Å²) in [5.74, 6) is 0.299. The molecule has 0 saturated carbocycles. The van der Waals surface area contributed by atoms with E-state index in [1.807, 2.05) is 11.8 Å². The highest BCUT2D eigenvalue weighted by Gasteiger charge is 2.42. The van der Waals surface area contributed by atoms with Crippen LogP contribution in [0.3, 0.4) is 0 Å². The summed E-state index contributed by atoms with van der Waals surface area (Å²) in [5.41, 5.74) is -0.775. The van der Waals surface area contributed by atoms with Gasteiger partial charge in [-0.1, -0.05) is 6.92 Å². The Hall–Kier alpha value is -0.610. The molecule has 2 rings (SSSR count). The van der Waals surface area contributed by atoms with Gasteiger partial charge in [-0.3, -0.25) is 4.79 Å². The standard InChI is InChI=1S/C14H26N2O2/c1-3-14(5-4-8-15-11-14)12(17)16-9-6-13(2,18)7-10-16/h15,18H,3-11H2,1-2H3. The van der Waals surface area contributed by atoms with Crippen LogP contribution >= 0.6 is 0 Å². The van der Waals surface area contributed by atoms with Crippen molar-refractivity contribution in [3.63, 3.8) is 0 Å². The number of piperidine rings is 2. The van der Waals surface area contributed by atoms with Gasteiger partial charge in [0.1, 0.15) is 0 Å². The second kappa shape index (κ2) is 5.17. The molecule has 1 amide bonds. The largest absolute Gasteiger partial charge is 0.390 e. The summed E-state index contributed by atoms with van der Waals surface area (Å²) in [6, 6.07) is 0. The van der Waals surface area contributed by atoms with E-state index in [9.17, 15) is 9.90 Å². The van der Waals surface area contributed by atoms with Crippen LogP contribution in [0, 0.1) is 5.41 Å². The summed E-state index contributed by atoms with van der Waals surface area (Å²) in [6.45, 7) is 7.23. The fourth-order valence-corrected chi connectivity index (χ4v) is 3.13. The molecule has 104 valence electrons. The summed E-state index contributed by atoms with van der Waals surface area (Å²) >= 11 is 0. The molecule has 0 bridgehead atoms. The van der Waals surface area contributed by atoms with Crippen molar-refractivity contribution >= 4 is 5.91 Å². The van der Waals surface area contributed by atoms with Crippen LogP contribution in [0.4, 0.5) is 0 Å². The third-order valence-electron chi connectivity index (χ3n) is 4.73.